The summed E-state index contributed by atoms with van der Waals surface area (Å²) in [6.45, 7) is 3.38. The lowest BCUT2D eigenvalue weighted by molar-refractivity contribution is 0.415. The highest BCUT2D eigenvalue weighted by molar-refractivity contribution is 5.18. The quantitative estimate of drug-likeness (QED) is 0.755. The molecule has 2 rings (SSSR count). The number of benzene rings is 1. The van der Waals surface area contributed by atoms with E-state index in [0.717, 1.165) is 12.5 Å². The van der Waals surface area contributed by atoms with E-state index < -0.39 is 0 Å². The van der Waals surface area contributed by atoms with Crippen molar-refractivity contribution in [2.45, 2.75) is 32.2 Å². The van der Waals surface area contributed by atoms with Gasteiger partial charge in [-0.3, -0.25) is 0 Å². The number of allylic oxidation sites excluding steroid dienone is 2. The molecule has 0 saturated heterocycles. The van der Waals surface area contributed by atoms with E-state index in [-0.39, 0.29) is 0 Å². The third-order valence-corrected chi connectivity index (χ3v) is 3.39. The molecule has 0 unspecified atom stereocenters. The summed E-state index contributed by atoms with van der Waals surface area (Å²) in [7, 11) is 0. The van der Waals surface area contributed by atoms with Crippen LogP contribution in [0.2, 0.25) is 0 Å². The van der Waals surface area contributed by atoms with Crippen LogP contribution in [0, 0.1) is 5.92 Å². The zero-order valence-corrected chi connectivity index (χ0v) is 10.0. The number of nitrogens with one attached hydrogen (secondary N) is 1. The smallest absolute Gasteiger partial charge is 0.0291 e. The molecule has 1 aliphatic carbocycles. The summed E-state index contributed by atoms with van der Waals surface area (Å²) >= 11 is 0. The molecular formula is C15H21N. The predicted octanol–water partition coefficient (Wildman–Crippen LogP) is 3.69. The number of hydrogen-bond acceptors (Lipinski definition) is 1. The van der Waals surface area contributed by atoms with Gasteiger partial charge < -0.3 is 5.32 Å². The van der Waals surface area contributed by atoms with Gasteiger partial charge in [0.1, 0.15) is 0 Å². The van der Waals surface area contributed by atoms with Gasteiger partial charge in [0, 0.05) is 6.04 Å². The Morgan fingerprint density at radius 2 is 2.06 bits per heavy atom. The van der Waals surface area contributed by atoms with Gasteiger partial charge in [0.15, 0.2) is 0 Å². The van der Waals surface area contributed by atoms with E-state index in [0.29, 0.717) is 6.04 Å². The van der Waals surface area contributed by atoms with Gasteiger partial charge in [-0.2, -0.15) is 0 Å². The van der Waals surface area contributed by atoms with E-state index in [1.165, 1.54) is 24.8 Å². The second kappa shape index (κ2) is 5.86. The van der Waals surface area contributed by atoms with Gasteiger partial charge in [-0.05, 0) is 44.2 Å². The highest BCUT2D eigenvalue weighted by Crippen LogP contribution is 2.19. The van der Waals surface area contributed by atoms with Crippen LogP contribution >= 0.6 is 0 Å². The first-order chi connectivity index (χ1) is 7.86. The lowest BCUT2D eigenvalue weighted by Crippen LogP contribution is -2.26. The van der Waals surface area contributed by atoms with Crippen molar-refractivity contribution in [2.75, 3.05) is 6.54 Å². The molecule has 1 aliphatic rings. The molecule has 2 atom stereocenters. The molecule has 1 aromatic carbocycles. The number of hydrogen-bond donors (Lipinski definition) is 1. The van der Waals surface area contributed by atoms with Crippen LogP contribution in [0.4, 0.5) is 0 Å². The summed E-state index contributed by atoms with van der Waals surface area (Å²) < 4.78 is 0. The standard InChI is InChI=1S/C15H21N/c1-13(15-10-6-3-7-11-15)16-12-14-8-4-2-5-9-14/h2-4,6-7,10-11,13-14,16H,5,8-9,12H2,1H3/t13-,14+/m1/s1. The van der Waals surface area contributed by atoms with E-state index in [1.54, 1.807) is 0 Å². The Balaban J connectivity index is 1.79. The molecule has 0 radical (unpaired) electrons. The third-order valence-electron chi connectivity index (χ3n) is 3.39. The average molecular weight is 215 g/mol. The summed E-state index contributed by atoms with van der Waals surface area (Å²) in [4.78, 5) is 0. The Labute approximate surface area is 98.6 Å². The third kappa shape index (κ3) is 3.21. The second-order valence-corrected chi connectivity index (χ2v) is 4.69. The SMILES string of the molecule is C[C@@H](NC[C@H]1CC=CCC1)c1ccccc1. The lowest BCUT2D eigenvalue weighted by Gasteiger charge is -2.21. The monoisotopic (exact) mass is 215 g/mol. The van der Waals surface area contributed by atoms with Crippen LogP contribution in [-0.4, -0.2) is 6.54 Å². The molecule has 0 fully saturated rings. The molecule has 0 aromatic heterocycles. The summed E-state index contributed by atoms with van der Waals surface area (Å²) in [5.41, 5.74) is 1.38. The Hall–Kier alpha value is -1.08. The molecule has 0 spiro atoms. The van der Waals surface area contributed by atoms with Gasteiger partial charge in [0.2, 0.25) is 0 Å². The Morgan fingerprint density at radius 3 is 2.75 bits per heavy atom. The van der Waals surface area contributed by atoms with Crippen molar-refractivity contribution >= 4 is 0 Å². The van der Waals surface area contributed by atoms with E-state index in [2.05, 4.69) is 54.7 Å². The Bertz CT molecular complexity index is 329. The maximum Gasteiger partial charge on any atom is 0.0291 e. The summed E-state index contributed by atoms with van der Waals surface area (Å²) in [6.07, 6.45) is 8.46. The van der Waals surface area contributed by atoms with Crippen LogP contribution in [0.25, 0.3) is 0 Å². The first-order valence-electron chi connectivity index (χ1n) is 6.29. The molecule has 0 saturated carbocycles. The lowest BCUT2D eigenvalue weighted by atomic mass is 9.94. The first kappa shape index (κ1) is 11.4. The van der Waals surface area contributed by atoms with E-state index in [9.17, 15) is 0 Å². The number of rotatable bonds is 4. The molecule has 1 aromatic rings. The first-order valence-corrected chi connectivity index (χ1v) is 6.29. The summed E-state index contributed by atoms with van der Waals surface area (Å²) in [5.74, 6) is 0.830. The molecule has 0 amide bonds. The van der Waals surface area contributed by atoms with Crippen LogP contribution in [0.5, 0.6) is 0 Å². The van der Waals surface area contributed by atoms with Crippen molar-refractivity contribution in [3.8, 4) is 0 Å². The van der Waals surface area contributed by atoms with Crippen LogP contribution in [0.3, 0.4) is 0 Å². The van der Waals surface area contributed by atoms with E-state index in [1.807, 2.05) is 0 Å². The van der Waals surface area contributed by atoms with Crippen LogP contribution in [0.15, 0.2) is 42.5 Å². The normalized spacial score (nSPS) is 21.9. The minimum Gasteiger partial charge on any atom is -0.310 e. The van der Waals surface area contributed by atoms with Crippen LogP contribution in [-0.2, 0) is 0 Å². The Morgan fingerprint density at radius 1 is 1.25 bits per heavy atom. The van der Waals surface area contributed by atoms with Gasteiger partial charge >= 0.3 is 0 Å². The molecular weight excluding hydrogens is 194 g/mol. The van der Waals surface area contributed by atoms with Crippen molar-refractivity contribution in [3.05, 3.63) is 48.0 Å². The maximum absolute atomic E-state index is 3.63. The molecule has 0 bridgehead atoms. The van der Waals surface area contributed by atoms with Crippen molar-refractivity contribution < 1.29 is 0 Å². The highest BCUT2D eigenvalue weighted by Gasteiger charge is 2.11. The van der Waals surface area contributed by atoms with Crippen molar-refractivity contribution in [2.24, 2.45) is 5.92 Å². The molecule has 1 nitrogen and oxygen atoms in total. The molecule has 0 aliphatic heterocycles. The molecule has 1 N–H and O–H groups in total. The van der Waals surface area contributed by atoms with Gasteiger partial charge in [-0.25, -0.2) is 0 Å². The maximum atomic E-state index is 3.63. The average Bonchev–Trinajstić information content (AvgIpc) is 2.38. The van der Waals surface area contributed by atoms with Crippen LogP contribution < -0.4 is 5.32 Å². The summed E-state index contributed by atoms with van der Waals surface area (Å²) in [6, 6.07) is 11.1. The molecule has 16 heavy (non-hydrogen) atoms. The fourth-order valence-corrected chi connectivity index (χ4v) is 2.24. The fourth-order valence-electron chi connectivity index (χ4n) is 2.24. The van der Waals surface area contributed by atoms with Gasteiger partial charge in [-0.15, -0.1) is 0 Å². The topological polar surface area (TPSA) is 12.0 Å². The van der Waals surface area contributed by atoms with Gasteiger partial charge in [0.25, 0.3) is 0 Å². The molecule has 86 valence electrons. The van der Waals surface area contributed by atoms with Crippen molar-refractivity contribution in [1.29, 1.82) is 0 Å². The zero-order valence-electron chi connectivity index (χ0n) is 10.0. The van der Waals surface area contributed by atoms with Gasteiger partial charge in [-0.1, -0.05) is 42.5 Å². The van der Waals surface area contributed by atoms with Crippen LogP contribution in [0.1, 0.15) is 37.8 Å². The molecule has 0 heterocycles. The van der Waals surface area contributed by atoms with Gasteiger partial charge in [0.05, 0.1) is 0 Å². The highest BCUT2D eigenvalue weighted by atomic mass is 14.9. The van der Waals surface area contributed by atoms with E-state index >= 15 is 0 Å². The van der Waals surface area contributed by atoms with Crippen molar-refractivity contribution in [3.63, 3.8) is 0 Å². The minimum absolute atomic E-state index is 0.465. The fraction of sp³-hybridized carbons (Fsp3) is 0.467. The molecule has 1 heteroatoms. The largest absolute Gasteiger partial charge is 0.310 e. The van der Waals surface area contributed by atoms with E-state index in [4.69, 9.17) is 0 Å². The second-order valence-electron chi connectivity index (χ2n) is 4.69. The zero-order chi connectivity index (χ0) is 11.2. The Kier molecular flexibility index (Phi) is 4.17. The predicted molar refractivity (Wildman–Crippen MR) is 69.3 cm³/mol. The minimum atomic E-state index is 0.465. The summed E-state index contributed by atoms with van der Waals surface area (Å²) in [5, 5.41) is 3.63. The van der Waals surface area contributed by atoms with Crippen molar-refractivity contribution in [1.82, 2.24) is 5.32 Å².